The first-order valence-corrected chi connectivity index (χ1v) is 6.95. The maximum Gasteiger partial charge on any atom is 0.185 e. The Morgan fingerprint density at radius 2 is 2.12 bits per heavy atom. The first-order chi connectivity index (χ1) is 7.91. The van der Waals surface area contributed by atoms with Crippen LogP contribution in [0, 0.1) is 6.92 Å². The number of carbonyl (C=O) groups is 1. The van der Waals surface area contributed by atoms with Gasteiger partial charge in [-0.15, -0.1) is 0 Å². The fourth-order valence-corrected chi connectivity index (χ4v) is 2.40. The first kappa shape index (κ1) is 14.7. The molecular weight excluding hydrogens is 304 g/mol. The molecule has 0 radical (unpaired) electrons. The molecule has 3 nitrogen and oxygen atoms in total. The number of thioether (sulfide) groups is 1. The van der Waals surface area contributed by atoms with Crippen molar-refractivity contribution in [2.75, 3.05) is 5.75 Å². The molecule has 0 bridgehead atoms. The molecule has 1 rings (SSSR count). The molecule has 94 valence electrons. The van der Waals surface area contributed by atoms with E-state index in [1.165, 1.54) is 6.92 Å². The molecule has 2 N–H and O–H groups in total. The van der Waals surface area contributed by atoms with Crippen molar-refractivity contribution in [3.8, 4) is 0 Å². The van der Waals surface area contributed by atoms with Crippen LogP contribution in [0.3, 0.4) is 0 Å². The second kappa shape index (κ2) is 6.54. The van der Waals surface area contributed by atoms with Gasteiger partial charge < -0.3 is 10.2 Å². The van der Waals surface area contributed by atoms with E-state index in [1.54, 1.807) is 6.07 Å². The van der Waals surface area contributed by atoms with E-state index < -0.39 is 12.2 Å². The predicted octanol–water partition coefficient (Wildman–Crippen LogP) is 2.43. The molecule has 0 amide bonds. The van der Waals surface area contributed by atoms with Gasteiger partial charge in [-0.3, -0.25) is 4.79 Å². The van der Waals surface area contributed by atoms with E-state index in [9.17, 15) is 15.0 Å². The second-order valence-corrected chi connectivity index (χ2v) is 5.93. The molecule has 0 spiro atoms. The summed E-state index contributed by atoms with van der Waals surface area (Å²) in [6.07, 6.45) is -1.92. The lowest BCUT2D eigenvalue weighted by Gasteiger charge is -2.19. The van der Waals surface area contributed by atoms with Crippen LogP contribution in [0.25, 0.3) is 0 Å². The number of benzene rings is 1. The van der Waals surface area contributed by atoms with Crippen molar-refractivity contribution in [1.29, 1.82) is 0 Å². The van der Waals surface area contributed by atoms with E-state index in [-0.39, 0.29) is 10.9 Å². The van der Waals surface area contributed by atoms with Gasteiger partial charge in [0.15, 0.2) is 5.12 Å². The highest BCUT2D eigenvalue weighted by Gasteiger charge is 2.20. The van der Waals surface area contributed by atoms with Crippen LogP contribution in [0.2, 0.25) is 0 Å². The standard InChI is InChI=1S/C12H15BrO3S/c1-7-3-4-9(13)5-10(7)12(16)11(15)6-17-8(2)14/h3-5,11-12,15-16H,6H2,1-2H3. The van der Waals surface area contributed by atoms with Crippen LogP contribution in [0.1, 0.15) is 24.2 Å². The van der Waals surface area contributed by atoms with Crippen LogP contribution in [0.4, 0.5) is 0 Å². The zero-order chi connectivity index (χ0) is 13.0. The summed E-state index contributed by atoms with van der Waals surface area (Å²) in [7, 11) is 0. The van der Waals surface area contributed by atoms with E-state index in [4.69, 9.17) is 0 Å². The average molecular weight is 319 g/mol. The molecule has 5 heteroatoms. The van der Waals surface area contributed by atoms with Crippen LogP contribution in [-0.4, -0.2) is 27.2 Å². The second-order valence-electron chi connectivity index (χ2n) is 3.82. The molecule has 0 saturated carbocycles. The van der Waals surface area contributed by atoms with Crippen LogP contribution < -0.4 is 0 Å². The Kier molecular flexibility index (Phi) is 5.66. The number of carbonyl (C=O) groups excluding carboxylic acids is 1. The van der Waals surface area contributed by atoms with Gasteiger partial charge in [0.05, 0.1) is 6.10 Å². The number of hydrogen-bond donors (Lipinski definition) is 2. The zero-order valence-corrected chi connectivity index (χ0v) is 12.1. The van der Waals surface area contributed by atoms with Crippen molar-refractivity contribution in [2.45, 2.75) is 26.1 Å². The molecule has 17 heavy (non-hydrogen) atoms. The maximum absolute atomic E-state index is 10.8. The van der Waals surface area contributed by atoms with Gasteiger partial charge in [-0.1, -0.05) is 33.8 Å². The highest BCUT2D eigenvalue weighted by atomic mass is 79.9. The third-order valence-corrected chi connectivity index (χ3v) is 3.79. The van der Waals surface area contributed by atoms with E-state index in [0.717, 1.165) is 21.8 Å². The summed E-state index contributed by atoms with van der Waals surface area (Å²) >= 11 is 4.34. The maximum atomic E-state index is 10.8. The number of rotatable bonds is 4. The van der Waals surface area contributed by atoms with Gasteiger partial charge in [0.25, 0.3) is 0 Å². The minimum Gasteiger partial charge on any atom is -0.389 e. The largest absolute Gasteiger partial charge is 0.389 e. The molecular formula is C12H15BrO3S. The van der Waals surface area contributed by atoms with Crippen LogP contribution in [0.15, 0.2) is 22.7 Å². The number of halogens is 1. The van der Waals surface area contributed by atoms with Crippen molar-refractivity contribution in [3.63, 3.8) is 0 Å². The van der Waals surface area contributed by atoms with E-state index >= 15 is 0 Å². The van der Waals surface area contributed by atoms with Crippen LogP contribution in [0.5, 0.6) is 0 Å². The summed E-state index contributed by atoms with van der Waals surface area (Å²) in [5.41, 5.74) is 1.59. The lowest BCUT2D eigenvalue weighted by atomic mass is 10.0. The highest BCUT2D eigenvalue weighted by Crippen LogP contribution is 2.26. The van der Waals surface area contributed by atoms with Crippen LogP contribution >= 0.6 is 27.7 Å². The molecule has 0 saturated heterocycles. The molecule has 0 aliphatic heterocycles. The summed E-state index contributed by atoms with van der Waals surface area (Å²) in [4.78, 5) is 10.8. The Labute approximate surface area is 113 Å². The Balaban J connectivity index is 2.77. The summed E-state index contributed by atoms with van der Waals surface area (Å²) in [6, 6.07) is 5.53. The van der Waals surface area contributed by atoms with Gasteiger partial charge in [0, 0.05) is 17.1 Å². The van der Waals surface area contributed by atoms with E-state index in [0.29, 0.717) is 5.56 Å². The van der Waals surface area contributed by atoms with Crippen molar-refractivity contribution in [3.05, 3.63) is 33.8 Å². The lowest BCUT2D eigenvalue weighted by molar-refractivity contribution is -0.109. The third-order valence-electron chi connectivity index (χ3n) is 2.38. The zero-order valence-electron chi connectivity index (χ0n) is 9.68. The number of aryl methyl sites for hydroxylation is 1. The molecule has 0 aliphatic carbocycles. The quantitative estimate of drug-likeness (QED) is 0.895. The Morgan fingerprint density at radius 1 is 1.47 bits per heavy atom. The third kappa shape index (κ3) is 4.43. The van der Waals surface area contributed by atoms with Gasteiger partial charge >= 0.3 is 0 Å². The van der Waals surface area contributed by atoms with Gasteiger partial charge in [-0.25, -0.2) is 0 Å². The van der Waals surface area contributed by atoms with Crippen molar-refractivity contribution >= 4 is 32.8 Å². The fraction of sp³-hybridized carbons (Fsp3) is 0.417. The smallest absolute Gasteiger partial charge is 0.185 e. The van der Waals surface area contributed by atoms with Gasteiger partial charge in [0.1, 0.15) is 6.10 Å². The molecule has 0 aromatic heterocycles. The summed E-state index contributed by atoms with van der Waals surface area (Å²) in [5, 5.41) is 19.7. The highest BCUT2D eigenvalue weighted by molar-refractivity contribution is 9.10. The molecule has 1 aromatic rings. The van der Waals surface area contributed by atoms with Crippen molar-refractivity contribution in [1.82, 2.24) is 0 Å². The predicted molar refractivity (Wildman–Crippen MR) is 73.0 cm³/mol. The van der Waals surface area contributed by atoms with Gasteiger partial charge in [0.2, 0.25) is 0 Å². The van der Waals surface area contributed by atoms with E-state index in [2.05, 4.69) is 15.9 Å². The van der Waals surface area contributed by atoms with Gasteiger partial charge in [-0.05, 0) is 30.2 Å². The molecule has 0 aliphatic rings. The van der Waals surface area contributed by atoms with Crippen LogP contribution in [-0.2, 0) is 4.79 Å². The van der Waals surface area contributed by atoms with Crippen molar-refractivity contribution in [2.24, 2.45) is 0 Å². The number of hydrogen-bond acceptors (Lipinski definition) is 4. The van der Waals surface area contributed by atoms with Gasteiger partial charge in [-0.2, -0.15) is 0 Å². The average Bonchev–Trinajstić information content (AvgIpc) is 2.28. The monoisotopic (exact) mass is 318 g/mol. The summed E-state index contributed by atoms with van der Waals surface area (Å²) in [6.45, 7) is 3.31. The number of aliphatic hydroxyl groups excluding tert-OH is 2. The summed E-state index contributed by atoms with van der Waals surface area (Å²) in [5.74, 6) is 0.197. The number of aliphatic hydroxyl groups is 2. The lowest BCUT2D eigenvalue weighted by Crippen LogP contribution is -2.22. The van der Waals surface area contributed by atoms with Crippen molar-refractivity contribution < 1.29 is 15.0 Å². The Bertz CT molecular complexity index is 409. The fourth-order valence-electron chi connectivity index (χ4n) is 1.43. The first-order valence-electron chi connectivity index (χ1n) is 5.17. The molecule has 0 heterocycles. The normalized spacial score (nSPS) is 14.4. The Morgan fingerprint density at radius 3 is 2.71 bits per heavy atom. The molecule has 2 unspecified atom stereocenters. The molecule has 0 fully saturated rings. The minimum atomic E-state index is -0.973. The minimum absolute atomic E-state index is 0.0674. The van der Waals surface area contributed by atoms with E-state index in [1.807, 2.05) is 19.1 Å². The molecule has 1 aromatic carbocycles. The SMILES string of the molecule is CC(=O)SCC(O)C(O)c1cc(Br)ccc1C. The molecule has 2 atom stereocenters. The summed E-state index contributed by atoms with van der Waals surface area (Å²) < 4.78 is 0.851. The Hall–Kier alpha value is -0.360. The topological polar surface area (TPSA) is 57.5 Å².